The Bertz CT molecular complexity index is 179. The molecule has 0 aromatic heterocycles. The van der Waals surface area contributed by atoms with Gasteiger partial charge in [-0.25, -0.2) is 0 Å². The second kappa shape index (κ2) is 3.03. The smallest absolute Gasteiger partial charge is 0.220 e. The SMILES string of the molecule is CC(=O)N1[C@H](C=O)CC[C@@H]1C. The van der Waals surface area contributed by atoms with E-state index in [1.807, 2.05) is 6.92 Å². The van der Waals surface area contributed by atoms with Gasteiger partial charge < -0.3 is 9.69 Å². The van der Waals surface area contributed by atoms with Crippen molar-refractivity contribution in [2.24, 2.45) is 0 Å². The van der Waals surface area contributed by atoms with Crippen LogP contribution in [0.3, 0.4) is 0 Å². The van der Waals surface area contributed by atoms with Gasteiger partial charge in [-0.05, 0) is 19.8 Å². The van der Waals surface area contributed by atoms with E-state index in [-0.39, 0.29) is 18.0 Å². The fourth-order valence-corrected chi connectivity index (χ4v) is 1.69. The zero-order chi connectivity index (χ0) is 8.43. The van der Waals surface area contributed by atoms with Crippen LogP contribution in [0.4, 0.5) is 0 Å². The lowest BCUT2D eigenvalue weighted by Crippen LogP contribution is -2.39. The standard InChI is InChI=1S/C8H13NO2/c1-6-3-4-8(5-10)9(6)7(2)11/h5-6,8H,3-4H2,1-2H3/t6-,8-/m0/s1. The van der Waals surface area contributed by atoms with Gasteiger partial charge in [0, 0.05) is 13.0 Å². The maximum Gasteiger partial charge on any atom is 0.220 e. The van der Waals surface area contributed by atoms with Gasteiger partial charge in [0.05, 0.1) is 6.04 Å². The van der Waals surface area contributed by atoms with Gasteiger partial charge in [-0.1, -0.05) is 0 Å². The second-order valence-corrected chi connectivity index (χ2v) is 3.06. The molecule has 0 aromatic rings. The molecular weight excluding hydrogens is 142 g/mol. The zero-order valence-electron chi connectivity index (χ0n) is 6.91. The number of hydrogen-bond donors (Lipinski definition) is 0. The van der Waals surface area contributed by atoms with E-state index < -0.39 is 0 Å². The molecule has 0 aromatic carbocycles. The largest absolute Gasteiger partial charge is 0.330 e. The summed E-state index contributed by atoms with van der Waals surface area (Å²) in [5.74, 6) is 0.00657. The number of hydrogen-bond acceptors (Lipinski definition) is 2. The van der Waals surface area contributed by atoms with E-state index >= 15 is 0 Å². The van der Waals surface area contributed by atoms with Crippen LogP contribution in [0, 0.1) is 0 Å². The van der Waals surface area contributed by atoms with Crippen LogP contribution in [0.5, 0.6) is 0 Å². The van der Waals surface area contributed by atoms with Gasteiger partial charge in [-0.2, -0.15) is 0 Å². The molecule has 0 radical (unpaired) electrons. The summed E-state index contributed by atoms with van der Waals surface area (Å²) in [5, 5.41) is 0. The molecule has 2 atom stereocenters. The molecule has 1 rings (SSSR count). The number of carbonyl (C=O) groups is 2. The number of amides is 1. The van der Waals surface area contributed by atoms with Crippen LogP contribution in [-0.4, -0.2) is 29.2 Å². The van der Waals surface area contributed by atoms with Crippen molar-refractivity contribution in [3.63, 3.8) is 0 Å². The van der Waals surface area contributed by atoms with Crippen molar-refractivity contribution in [3.05, 3.63) is 0 Å². The average molecular weight is 155 g/mol. The van der Waals surface area contributed by atoms with Crippen LogP contribution in [-0.2, 0) is 9.59 Å². The molecule has 11 heavy (non-hydrogen) atoms. The quantitative estimate of drug-likeness (QED) is 0.519. The summed E-state index contributed by atoms with van der Waals surface area (Å²) in [5.41, 5.74) is 0. The molecule has 0 bridgehead atoms. The van der Waals surface area contributed by atoms with Gasteiger partial charge in [0.15, 0.2) is 0 Å². The summed E-state index contributed by atoms with van der Waals surface area (Å²) in [4.78, 5) is 23.1. The molecule has 62 valence electrons. The highest BCUT2D eigenvalue weighted by Gasteiger charge is 2.31. The Labute approximate surface area is 66.4 Å². The molecule has 0 spiro atoms. The second-order valence-electron chi connectivity index (χ2n) is 3.06. The van der Waals surface area contributed by atoms with Crippen molar-refractivity contribution < 1.29 is 9.59 Å². The van der Waals surface area contributed by atoms with Gasteiger partial charge in [0.1, 0.15) is 6.29 Å². The number of rotatable bonds is 1. The van der Waals surface area contributed by atoms with Gasteiger partial charge in [-0.15, -0.1) is 0 Å². The predicted octanol–water partition coefficient (Wildman–Crippen LogP) is 0.585. The number of aldehydes is 1. The van der Waals surface area contributed by atoms with E-state index in [1.165, 1.54) is 6.92 Å². The van der Waals surface area contributed by atoms with Crippen molar-refractivity contribution in [3.8, 4) is 0 Å². The molecule has 1 aliphatic heterocycles. The van der Waals surface area contributed by atoms with Crippen LogP contribution in [0.25, 0.3) is 0 Å². The molecule has 3 nitrogen and oxygen atoms in total. The van der Waals surface area contributed by atoms with Gasteiger partial charge in [0.25, 0.3) is 0 Å². The van der Waals surface area contributed by atoms with Crippen LogP contribution in [0.1, 0.15) is 26.7 Å². The van der Waals surface area contributed by atoms with Crippen molar-refractivity contribution in [2.45, 2.75) is 38.8 Å². The van der Waals surface area contributed by atoms with E-state index in [4.69, 9.17) is 0 Å². The minimum atomic E-state index is -0.164. The maximum atomic E-state index is 11.0. The summed E-state index contributed by atoms with van der Waals surface area (Å²) < 4.78 is 0. The molecule has 1 fully saturated rings. The summed E-state index contributed by atoms with van der Waals surface area (Å²) in [6.45, 7) is 3.49. The van der Waals surface area contributed by atoms with Crippen LogP contribution in [0.15, 0.2) is 0 Å². The van der Waals surface area contributed by atoms with E-state index in [9.17, 15) is 9.59 Å². The zero-order valence-corrected chi connectivity index (χ0v) is 6.91. The highest BCUT2D eigenvalue weighted by atomic mass is 16.2. The number of carbonyl (C=O) groups excluding carboxylic acids is 2. The normalized spacial score (nSPS) is 30.5. The van der Waals surface area contributed by atoms with Gasteiger partial charge in [-0.3, -0.25) is 4.79 Å². The summed E-state index contributed by atoms with van der Waals surface area (Å²) in [7, 11) is 0. The van der Waals surface area contributed by atoms with E-state index in [1.54, 1.807) is 4.90 Å². The first kappa shape index (κ1) is 8.24. The van der Waals surface area contributed by atoms with Crippen molar-refractivity contribution in [1.29, 1.82) is 0 Å². The molecule has 1 aliphatic rings. The highest BCUT2D eigenvalue weighted by molar-refractivity contribution is 5.78. The molecule has 0 aliphatic carbocycles. The first-order valence-electron chi connectivity index (χ1n) is 3.91. The van der Waals surface area contributed by atoms with Crippen molar-refractivity contribution in [2.75, 3.05) is 0 Å². The Morgan fingerprint density at radius 3 is 2.55 bits per heavy atom. The van der Waals surface area contributed by atoms with E-state index in [0.717, 1.165) is 19.1 Å². The maximum absolute atomic E-state index is 11.0. The fourth-order valence-electron chi connectivity index (χ4n) is 1.69. The topological polar surface area (TPSA) is 37.4 Å². The lowest BCUT2D eigenvalue weighted by Gasteiger charge is -2.23. The Balaban J connectivity index is 2.70. The van der Waals surface area contributed by atoms with Crippen LogP contribution in [0.2, 0.25) is 0 Å². The van der Waals surface area contributed by atoms with Crippen molar-refractivity contribution in [1.82, 2.24) is 4.90 Å². The van der Waals surface area contributed by atoms with Gasteiger partial charge >= 0.3 is 0 Å². The molecule has 1 saturated heterocycles. The molecule has 0 saturated carbocycles. The molecule has 3 heteroatoms. The Kier molecular flexibility index (Phi) is 2.27. The number of nitrogens with zero attached hydrogens (tertiary/aromatic N) is 1. The van der Waals surface area contributed by atoms with Crippen LogP contribution < -0.4 is 0 Å². The third-order valence-electron chi connectivity index (χ3n) is 2.23. The van der Waals surface area contributed by atoms with Crippen molar-refractivity contribution >= 4 is 12.2 Å². The minimum Gasteiger partial charge on any atom is -0.330 e. The lowest BCUT2D eigenvalue weighted by molar-refractivity contribution is -0.134. The first-order chi connectivity index (χ1) is 5.16. The average Bonchev–Trinajstić information content (AvgIpc) is 2.30. The first-order valence-corrected chi connectivity index (χ1v) is 3.91. The molecule has 1 amide bonds. The third kappa shape index (κ3) is 1.42. The summed E-state index contributed by atoms with van der Waals surface area (Å²) in [6, 6.07) is 0.0743. The predicted molar refractivity (Wildman–Crippen MR) is 41.1 cm³/mol. The summed E-state index contributed by atoms with van der Waals surface area (Å²) >= 11 is 0. The monoisotopic (exact) mass is 155 g/mol. The highest BCUT2D eigenvalue weighted by Crippen LogP contribution is 2.22. The number of likely N-dealkylation sites (tertiary alicyclic amines) is 1. The van der Waals surface area contributed by atoms with E-state index in [2.05, 4.69) is 0 Å². The fraction of sp³-hybridized carbons (Fsp3) is 0.750. The molecule has 1 heterocycles. The minimum absolute atomic E-state index is 0.00657. The van der Waals surface area contributed by atoms with Crippen LogP contribution >= 0.6 is 0 Å². The van der Waals surface area contributed by atoms with Gasteiger partial charge in [0.2, 0.25) is 5.91 Å². The third-order valence-corrected chi connectivity index (χ3v) is 2.23. The Morgan fingerprint density at radius 2 is 2.18 bits per heavy atom. The van der Waals surface area contributed by atoms with E-state index in [0.29, 0.717) is 0 Å². The molecular formula is C8H13NO2. The molecule has 0 unspecified atom stereocenters. The Hall–Kier alpha value is -0.860. The lowest BCUT2D eigenvalue weighted by atomic mass is 10.2. The molecule has 0 N–H and O–H groups in total. The Morgan fingerprint density at radius 1 is 1.55 bits per heavy atom. The summed E-state index contributed by atoms with van der Waals surface area (Å²) in [6.07, 6.45) is 2.64.